The number of nitrogens with zero attached hydrogens (tertiary/aromatic N) is 16. The van der Waals surface area contributed by atoms with Crippen LogP contribution in [0.3, 0.4) is 0 Å². The summed E-state index contributed by atoms with van der Waals surface area (Å²) in [6, 6.07) is 74.3. The van der Waals surface area contributed by atoms with Crippen LogP contribution in [0.5, 0.6) is 0 Å². The average Bonchev–Trinajstić information content (AvgIpc) is 0.794. The van der Waals surface area contributed by atoms with Gasteiger partial charge in [0, 0.05) is 22.3 Å². The molecule has 4 aliphatic rings. The predicted molar refractivity (Wildman–Crippen MR) is 320 cm³/mol. The maximum Gasteiger partial charge on any atom is 0.113 e. The van der Waals surface area contributed by atoms with Crippen LogP contribution < -0.4 is 0 Å². The second-order valence-electron chi connectivity index (χ2n) is 23.3. The lowest BCUT2D eigenvalue weighted by Crippen LogP contribution is -2.67. The molecule has 0 radical (unpaired) electrons. The first kappa shape index (κ1) is 51.2. The summed E-state index contributed by atoms with van der Waals surface area (Å²) < 4.78 is 7.28. The molecular weight excluding hydrogens is 1060 g/mol. The molecule has 408 valence electrons. The van der Waals surface area contributed by atoms with Gasteiger partial charge in [-0.25, -0.2) is 18.7 Å². The van der Waals surface area contributed by atoms with Gasteiger partial charge < -0.3 is 0 Å². The van der Waals surface area contributed by atoms with Crippen molar-refractivity contribution in [1.29, 1.82) is 21.0 Å². The Labute approximate surface area is 494 Å². The Kier molecular flexibility index (Phi) is 11.9. The molecule has 86 heavy (non-hydrogen) atoms. The zero-order valence-corrected chi connectivity index (χ0v) is 46.2. The fraction of sp³-hybridized carbons (Fsp3) is 0.143. The van der Waals surface area contributed by atoms with Gasteiger partial charge in [0.1, 0.15) is 22.8 Å². The molecule has 4 aromatic heterocycles. The Hall–Kier alpha value is -11.7. The van der Waals surface area contributed by atoms with Crippen LogP contribution in [0.4, 0.5) is 0 Å². The van der Waals surface area contributed by atoms with E-state index in [1.54, 1.807) is 48.5 Å². The molecule has 12 aromatic rings. The lowest BCUT2D eigenvalue weighted by Gasteiger charge is -2.71. The van der Waals surface area contributed by atoms with E-state index in [0.29, 0.717) is 22.3 Å². The molecule has 0 amide bonds. The van der Waals surface area contributed by atoms with Gasteiger partial charge in [0.2, 0.25) is 0 Å². The number of benzene rings is 8. The van der Waals surface area contributed by atoms with Gasteiger partial charge in [0.15, 0.2) is 0 Å². The summed E-state index contributed by atoms with van der Waals surface area (Å²) in [6.07, 6.45) is 13.4. The average molecular weight is 1110 g/mol. The van der Waals surface area contributed by atoms with E-state index in [9.17, 15) is 21.0 Å². The Morgan fingerprint density at radius 1 is 0.256 bits per heavy atom. The van der Waals surface area contributed by atoms with Crippen LogP contribution in [0.2, 0.25) is 0 Å². The van der Waals surface area contributed by atoms with Crippen LogP contribution in [0.15, 0.2) is 219 Å². The van der Waals surface area contributed by atoms with E-state index in [1.807, 2.05) is 92.0 Å². The van der Waals surface area contributed by atoms with Crippen molar-refractivity contribution in [1.82, 2.24) is 60.0 Å². The Morgan fingerprint density at radius 3 is 0.616 bits per heavy atom. The van der Waals surface area contributed by atoms with Crippen LogP contribution in [-0.2, 0) is 21.7 Å². The molecule has 4 aliphatic carbocycles. The normalized spacial score (nSPS) is 20.0. The van der Waals surface area contributed by atoms with Crippen molar-refractivity contribution in [3.63, 3.8) is 0 Å². The van der Waals surface area contributed by atoms with Crippen molar-refractivity contribution in [2.45, 2.75) is 60.2 Å². The van der Waals surface area contributed by atoms with Crippen LogP contribution >= 0.6 is 0 Å². The molecule has 0 aliphatic heterocycles. The fourth-order valence-corrected chi connectivity index (χ4v) is 14.7. The summed E-state index contributed by atoms with van der Waals surface area (Å²) in [5, 5.41) is 74.1. The van der Waals surface area contributed by atoms with Crippen molar-refractivity contribution in [3.05, 3.63) is 263 Å². The molecular formula is C70H48N16. The highest BCUT2D eigenvalue weighted by atomic mass is 15.4. The molecule has 0 saturated heterocycles. The molecule has 4 fully saturated rings. The Bertz CT molecular complexity index is 4070. The van der Waals surface area contributed by atoms with Gasteiger partial charge in [-0.05, 0) is 180 Å². The van der Waals surface area contributed by atoms with Gasteiger partial charge in [-0.3, -0.25) is 0 Å². The topological polar surface area (TPSA) is 218 Å². The van der Waals surface area contributed by atoms with Crippen molar-refractivity contribution in [3.8, 4) is 92.1 Å². The minimum absolute atomic E-state index is 0.287. The van der Waals surface area contributed by atoms with Gasteiger partial charge in [-0.2, -0.15) is 21.0 Å². The second-order valence-corrected chi connectivity index (χ2v) is 23.3. The summed E-state index contributed by atoms with van der Waals surface area (Å²) in [7, 11) is 0. The highest BCUT2D eigenvalue weighted by Gasteiger charge is 2.69. The van der Waals surface area contributed by atoms with Crippen LogP contribution in [0.1, 0.15) is 83.0 Å². The third kappa shape index (κ3) is 8.80. The van der Waals surface area contributed by atoms with Crippen molar-refractivity contribution in [2.75, 3.05) is 0 Å². The summed E-state index contributed by atoms with van der Waals surface area (Å²) in [4.78, 5) is 0. The number of hydrogen-bond donors (Lipinski definition) is 0. The summed E-state index contributed by atoms with van der Waals surface area (Å²) in [5.41, 5.74) is 16.3. The van der Waals surface area contributed by atoms with Crippen LogP contribution in [0.25, 0.3) is 67.8 Å². The Balaban J connectivity index is 0.840. The standard InChI is InChI=1S/C70H48N16/c71-33-47-1-9-51(10-2-47)63-37-83(79-75-63)59-25-17-55(18-26-59)67-41-68(56-19-27-60(28-20-56)84-38-64(76-80-84)52-11-3-48(34-72)4-12-52)44-69(42-67,57-21-29-61(30-22-57)85-39-65(77-81-85)53-13-5-49(35-73)6-14-53)46-70(43-67,45-68)58-23-31-62(32-24-58)86-40-66(78-82-86)54-15-7-50(36-74)8-16-54/h1-32,37-40H,41-46H2. The lowest BCUT2D eigenvalue weighted by molar-refractivity contribution is -0.0691. The van der Waals surface area contributed by atoms with Gasteiger partial charge in [-0.1, -0.05) is 118 Å². The summed E-state index contributed by atoms with van der Waals surface area (Å²) >= 11 is 0. The molecule has 4 saturated carbocycles. The molecule has 8 aromatic carbocycles. The zero-order chi connectivity index (χ0) is 58.0. The largest absolute Gasteiger partial charge is 0.220 e. The zero-order valence-electron chi connectivity index (χ0n) is 46.2. The first-order valence-electron chi connectivity index (χ1n) is 28.3. The van der Waals surface area contributed by atoms with Crippen molar-refractivity contribution >= 4 is 0 Å². The lowest BCUT2D eigenvalue weighted by atomic mass is 9.32. The van der Waals surface area contributed by atoms with Gasteiger partial charge in [-0.15, -0.1) is 20.4 Å². The van der Waals surface area contributed by atoms with Crippen LogP contribution in [0, 0.1) is 45.3 Å². The first-order chi connectivity index (χ1) is 42.1. The summed E-state index contributed by atoms with van der Waals surface area (Å²) in [6.45, 7) is 0. The van der Waals surface area contributed by atoms with E-state index < -0.39 is 0 Å². The quantitative estimate of drug-likeness (QED) is 0.112. The number of nitriles is 4. The minimum Gasteiger partial charge on any atom is -0.220 e. The molecule has 16 rings (SSSR count). The van der Waals surface area contributed by atoms with E-state index in [0.717, 1.165) is 106 Å². The van der Waals surface area contributed by atoms with Gasteiger partial charge in [0.25, 0.3) is 0 Å². The number of aromatic nitrogens is 12. The molecule has 16 heteroatoms. The molecule has 0 N–H and O–H groups in total. The van der Waals surface area contributed by atoms with Gasteiger partial charge in [0.05, 0.1) is 94.1 Å². The highest BCUT2D eigenvalue weighted by molar-refractivity contribution is 5.64. The minimum atomic E-state index is -0.287. The fourth-order valence-electron chi connectivity index (χ4n) is 14.7. The number of hydrogen-bond acceptors (Lipinski definition) is 12. The SMILES string of the molecule is N#Cc1ccc(-c2cn(-c3ccc(C45CC6(c7ccc(-n8cc(-c9ccc(C#N)cc9)nn8)cc7)CC(c7ccc(-n8cc(-c9ccc(C#N)cc9)nn8)cc7)(C4)CC(c4ccc(-n7cc(-c8ccc(C#N)cc8)nn7)cc4)(C5)C6)cc3)nn2)cc1. The van der Waals surface area contributed by atoms with E-state index in [4.69, 9.17) is 0 Å². The molecule has 0 unspecified atom stereocenters. The summed E-state index contributed by atoms with van der Waals surface area (Å²) in [5.74, 6) is 0. The monoisotopic (exact) mass is 1110 g/mol. The third-order valence-electron chi connectivity index (χ3n) is 18.3. The third-order valence-corrected chi connectivity index (χ3v) is 18.3. The second kappa shape index (κ2) is 20.0. The highest BCUT2D eigenvalue weighted by Crippen LogP contribution is 2.75. The van der Waals surface area contributed by atoms with E-state index >= 15 is 0 Å². The maximum absolute atomic E-state index is 9.42. The molecule has 0 spiro atoms. The molecule has 4 heterocycles. The molecule has 16 nitrogen and oxygen atoms in total. The smallest absolute Gasteiger partial charge is 0.113 e. The molecule has 0 atom stereocenters. The van der Waals surface area contributed by atoms with Crippen LogP contribution in [-0.4, -0.2) is 60.0 Å². The number of rotatable bonds is 12. The Morgan fingerprint density at radius 2 is 0.442 bits per heavy atom. The van der Waals surface area contributed by atoms with Crippen molar-refractivity contribution in [2.24, 2.45) is 0 Å². The predicted octanol–water partition coefficient (Wildman–Crippen LogP) is 12.6. The first-order valence-corrected chi connectivity index (χ1v) is 28.3. The van der Waals surface area contributed by atoms with E-state index in [-0.39, 0.29) is 21.7 Å². The van der Waals surface area contributed by atoms with E-state index in [1.165, 1.54) is 22.3 Å². The molecule has 4 bridgehead atoms. The maximum atomic E-state index is 9.42. The van der Waals surface area contributed by atoms with Gasteiger partial charge >= 0.3 is 0 Å². The van der Waals surface area contributed by atoms with Crippen molar-refractivity contribution < 1.29 is 0 Å². The van der Waals surface area contributed by atoms with E-state index in [2.05, 4.69) is 163 Å².